The molecule has 12 heavy (non-hydrogen) atoms. The zero-order chi connectivity index (χ0) is 9.14. The van der Waals surface area contributed by atoms with Crippen molar-refractivity contribution in [2.24, 2.45) is 0 Å². The van der Waals surface area contributed by atoms with Crippen LogP contribution >= 0.6 is 11.8 Å². The lowest BCUT2D eigenvalue weighted by Crippen LogP contribution is -2.17. The Hall–Kier alpha value is -0.710. The maximum absolute atomic E-state index is 10.9. The van der Waals surface area contributed by atoms with Gasteiger partial charge in [-0.1, -0.05) is 0 Å². The molecule has 0 aromatic rings. The Morgan fingerprint density at radius 3 is 2.42 bits per heavy atom. The standard InChI is InChI=1S/C7H10O4S/c1-11-7(10)5-3-2-4(12-5)6(8)9/h4-5H,2-3H2,1H3,(H,8,9)/t4-,5-/m1/s1. The molecule has 1 fully saturated rings. The molecule has 0 saturated carbocycles. The third-order valence-electron chi connectivity index (χ3n) is 1.76. The monoisotopic (exact) mass is 190 g/mol. The summed E-state index contributed by atoms with van der Waals surface area (Å²) < 4.78 is 4.51. The zero-order valence-electron chi connectivity index (χ0n) is 6.65. The molecule has 0 aromatic carbocycles. The van der Waals surface area contributed by atoms with Gasteiger partial charge < -0.3 is 9.84 Å². The predicted octanol–water partition coefficient (Wildman–Crippen LogP) is 0.508. The number of ether oxygens (including phenoxy) is 1. The highest BCUT2D eigenvalue weighted by Crippen LogP contribution is 2.34. The molecule has 0 aliphatic carbocycles. The maximum atomic E-state index is 10.9. The molecular formula is C7H10O4S. The van der Waals surface area contributed by atoms with E-state index in [0.29, 0.717) is 12.8 Å². The molecule has 0 radical (unpaired) electrons. The zero-order valence-corrected chi connectivity index (χ0v) is 7.47. The van der Waals surface area contributed by atoms with Gasteiger partial charge >= 0.3 is 11.9 Å². The minimum Gasteiger partial charge on any atom is -0.480 e. The van der Waals surface area contributed by atoms with E-state index in [2.05, 4.69) is 4.74 Å². The van der Waals surface area contributed by atoms with Crippen molar-refractivity contribution in [1.82, 2.24) is 0 Å². The topological polar surface area (TPSA) is 63.6 Å². The van der Waals surface area contributed by atoms with Gasteiger partial charge in [-0.3, -0.25) is 9.59 Å². The van der Waals surface area contributed by atoms with Gasteiger partial charge in [0.25, 0.3) is 0 Å². The first-order valence-corrected chi connectivity index (χ1v) is 4.55. The molecule has 68 valence electrons. The smallest absolute Gasteiger partial charge is 0.318 e. The lowest BCUT2D eigenvalue weighted by atomic mass is 10.2. The molecule has 0 amide bonds. The first-order valence-electron chi connectivity index (χ1n) is 3.61. The molecule has 1 aliphatic rings. The number of carbonyl (C=O) groups is 2. The van der Waals surface area contributed by atoms with Gasteiger partial charge in [0.2, 0.25) is 0 Å². The predicted molar refractivity (Wildman–Crippen MR) is 44.1 cm³/mol. The van der Waals surface area contributed by atoms with E-state index in [1.807, 2.05) is 0 Å². The second-order valence-corrected chi connectivity index (χ2v) is 3.96. The lowest BCUT2D eigenvalue weighted by molar-refractivity contribution is -0.140. The summed E-state index contributed by atoms with van der Waals surface area (Å²) in [6.07, 6.45) is 1.16. The molecule has 4 nitrogen and oxygen atoms in total. The van der Waals surface area contributed by atoms with Crippen LogP contribution in [0.4, 0.5) is 0 Å². The van der Waals surface area contributed by atoms with Crippen molar-refractivity contribution in [3.05, 3.63) is 0 Å². The number of esters is 1. The normalized spacial score (nSPS) is 28.4. The molecule has 1 aliphatic heterocycles. The average molecular weight is 190 g/mol. The number of thioether (sulfide) groups is 1. The Bertz CT molecular complexity index is 204. The van der Waals surface area contributed by atoms with Gasteiger partial charge in [-0.05, 0) is 12.8 Å². The number of aliphatic carboxylic acids is 1. The first kappa shape index (κ1) is 9.38. The molecule has 1 saturated heterocycles. The molecular weight excluding hydrogens is 180 g/mol. The summed E-state index contributed by atoms with van der Waals surface area (Å²) >= 11 is 1.18. The van der Waals surface area contributed by atoms with Crippen LogP contribution in [0.1, 0.15) is 12.8 Å². The van der Waals surface area contributed by atoms with Gasteiger partial charge in [0, 0.05) is 0 Å². The van der Waals surface area contributed by atoms with Crippen molar-refractivity contribution in [2.45, 2.75) is 23.3 Å². The highest BCUT2D eigenvalue weighted by Gasteiger charge is 2.34. The Morgan fingerprint density at radius 1 is 1.42 bits per heavy atom. The van der Waals surface area contributed by atoms with E-state index in [1.165, 1.54) is 18.9 Å². The summed E-state index contributed by atoms with van der Waals surface area (Å²) in [5, 5.41) is 7.90. The molecule has 0 spiro atoms. The minimum atomic E-state index is -0.841. The molecule has 1 heterocycles. The number of carboxylic acid groups (broad SMARTS) is 1. The first-order chi connectivity index (χ1) is 5.65. The largest absolute Gasteiger partial charge is 0.480 e. The summed E-state index contributed by atoms with van der Waals surface area (Å²) in [6, 6.07) is 0. The van der Waals surface area contributed by atoms with Crippen molar-refractivity contribution in [1.29, 1.82) is 0 Å². The number of hydrogen-bond donors (Lipinski definition) is 1. The molecule has 1 rings (SSSR count). The van der Waals surface area contributed by atoms with Crippen LogP contribution in [0.15, 0.2) is 0 Å². The van der Waals surface area contributed by atoms with Gasteiger partial charge in [-0.2, -0.15) is 0 Å². The van der Waals surface area contributed by atoms with Gasteiger partial charge in [0.05, 0.1) is 7.11 Å². The molecule has 5 heteroatoms. The number of carbonyl (C=O) groups excluding carboxylic acids is 1. The summed E-state index contributed by atoms with van der Waals surface area (Å²) in [5.74, 6) is -1.16. The second-order valence-electron chi connectivity index (χ2n) is 2.55. The van der Waals surface area contributed by atoms with Crippen LogP contribution in [0.5, 0.6) is 0 Å². The van der Waals surface area contributed by atoms with Crippen molar-refractivity contribution >= 4 is 23.7 Å². The van der Waals surface area contributed by atoms with Crippen LogP contribution in [0.2, 0.25) is 0 Å². The molecule has 0 bridgehead atoms. The van der Waals surface area contributed by atoms with Crippen LogP contribution in [-0.2, 0) is 14.3 Å². The second kappa shape index (κ2) is 3.80. The Balaban J connectivity index is 2.45. The van der Waals surface area contributed by atoms with Crippen molar-refractivity contribution < 1.29 is 19.4 Å². The fourth-order valence-electron chi connectivity index (χ4n) is 1.12. The van der Waals surface area contributed by atoms with Crippen LogP contribution in [0.3, 0.4) is 0 Å². The Kier molecular flexibility index (Phi) is 2.97. The van der Waals surface area contributed by atoms with Gasteiger partial charge in [-0.25, -0.2) is 0 Å². The van der Waals surface area contributed by atoms with E-state index in [1.54, 1.807) is 0 Å². The summed E-state index contributed by atoms with van der Waals surface area (Å²) in [7, 11) is 1.32. The summed E-state index contributed by atoms with van der Waals surface area (Å²) in [4.78, 5) is 21.4. The van der Waals surface area contributed by atoms with Crippen LogP contribution < -0.4 is 0 Å². The number of rotatable bonds is 2. The maximum Gasteiger partial charge on any atom is 0.318 e. The van der Waals surface area contributed by atoms with Gasteiger partial charge in [0.1, 0.15) is 10.5 Å². The lowest BCUT2D eigenvalue weighted by Gasteiger charge is -2.05. The van der Waals surface area contributed by atoms with Crippen molar-refractivity contribution in [2.75, 3.05) is 7.11 Å². The third-order valence-corrected chi connectivity index (χ3v) is 3.28. The number of carboxylic acids is 1. The number of methoxy groups -OCH3 is 1. The van der Waals surface area contributed by atoms with E-state index in [-0.39, 0.29) is 11.2 Å². The van der Waals surface area contributed by atoms with E-state index in [9.17, 15) is 9.59 Å². The fraction of sp³-hybridized carbons (Fsp3) is 0.714. The highest BCUT2D eigenvalue weighted by molar-refractivity contribution is 8.02. The fourth-order valence-corrected chi connectivity index (χ4v) is 2.39. The van der Waals surface area contributed by atoms with E-state index in [0.717, 1.165) is 0 Å². The van der Waals surface area contributed by atoms with E-state index < -0.39 is 11.2 Å². The molecule has 1 N–H and O–H groups in total. The minimum absolute atomic E-state index is 0.281. The average Bonchev–Trinajstić information content (AvgIpc) is 2.51. The van der Waals surface area contributed by atoms with Gasteiger partial charge in [-0.15, -0.1) is 11.8 Å². The molecule has 0 unspecified atom stereocenters. The Labute approximate surface area is 74.3 Å². The molecule has 0 aromatic heterocycles. The number of hydrogen-bond acceptors (Lipinski definition) is 4. The van der Waals surface area contributed by atoms with Crippen LogP contribution in [0, 0.1) is 0 Å². The van der Waals surface area contributed by atoms with E-state index >= 15 is 0 Å². The van der Waals surface area contributed by atoms with Crippen molar-refractivity contribution in [3.63, 3.8) is 0 Å². The van der Waals surface area contributed by atoms with E-state index in [4.69, 9.17) is 5.11 Å². The highest BCUT2D eigenvalue weighted by atomic mass is 32.2. The van der Waals surface area contributed by atoms with Crippen LogP contribution in [-0.4, -0.2) is 34.7 Å². The van der Waals surface area contributed by atoms with Crippen LogP contribution in [0.25, 0.3) is 0 Å². The SMILES string of the molecule is COC(=O)[C@H]1CC[C@H](C(=O)O)S1. The summed E-state index contributed by atoms with van der Waals surface area (Å²) in [5.41, 5.74) is 0. The van der Waals surface area contributed by atoms with Gasteiger partial charge in [0.15, 0.2) is 0 Å². The Morgan fingerprint density at radius 2 is 2.00 bits per heavy atom. The summed E-state index contributed by atoms with van der Waals surface area (Å²) in [6.45, 7) is 0. The quantitative estimate of drug-likeness (QED) is 0.643. The molecule has 2 atom stereocenters. The van der Waals surface area contributed by atoms with Crippen molar-refractivity contribution in [3.8, 4) is 0 Å². The third kappa shape index (κ3) is 1.91.